The lowest BCUT2D eigenvalue weighted by molar-refractivity contribution is -0.121. The zero-order valence-electron chi connectivity index (χ0n) is 17.5. The van der Waals surface area contributed by atoms with Crippen molar-refractivity contribution in [1.29, 1.82) is 0 Å². The van der Waals surface area contributed by atoms with Crippen molar-refractivity contribution in [3.63, 3.8) is 0 Å². The molecule has 1 N–H and O–H groups in total. The van der Waals surface area contributed by atoms with Crippen molar-refractivity contribution in [1.82, 2.24) is 20.1 Å². The summed E-state index contributed by atoms with van der Waals surface area (Å²) >= 11 is 1.42. The second-order valence-corrected chi connectivity index (χ2v) is 8.82. The van der Waals surface area contributed by atoms with Gasteiger partial charge in [-0.3, -0.25) is 4.79 Å². The maximum Gasteiger partial charge on any atom is 0.233 e. The number of nitrogens with zero attached hydrogens (tertiary/aromatic N) is 3. The van der Waals surface area contributed by atoms with Gasteiger partial charge < -0.3 is 14.6 Å². The van der Waals surface area contributed by atoms with E-state index in [4.69, 9.17) is 4.74 Å². The number of carbonyl (C=O) groups excluding carboxylic acids is 1. The monoisotopic (exact) mass is 422 g/mol. The number of amides is 1. The van der Waals surface area contributed by atoms with E-state index in [-0.39, 0.29) is 17.2 Å². The Kier molecular flexibility index (Phi) is 6.08. The molecule has 2 unspecified atom stereocenters. The number of methoxy groups -OCH3 is 1. The Balaban J connectivity index is 1.45. The van der Waals surface area contributed by atoms with Crippen LogP contribution in [0.2, 0.25) is 0 Å². The molecule has 1 heterocycles. The number of hydrogen-bond donors (Lipinski definition) is 1. The predicted octanol–water partition coefficient (Wildman–Crippen LogP) is 4.17. The Hall–Kier alpha value is -2.80. The molecule has 1 amide bonds. The van der Waals surface area contributed by atoms with E-state index in [1.165, 1.54) is 22.9 Å². The average Bonchev–Trinajstić information content (AvgIpc) is 3.14. The molecule has 4 rings (SSSR count). The maximum atomic E-state index is 12.9. The van der Waals surface area contributed by atoms with Crippen LogP contribution >= 0.6 is 11.8 Å². The Morgan fingerprint density at radius 3 is 2.90 bits per heavy atom. The van der Waals surface area contributed by atoms with E-state index in [9.17, 15) is 4.79 Å². The minimum Gasteiger partial charge on any atom is -0.497 e. The summed E-state index contributed by atoms with van der Waals surface area (Å²) in [6.07, 6.45) is 3.15. The molecule has 156 valence electrons. The number of hydrogen-bond acceptors (Lipinski definition) is 5. The van der Waals surface area contributed by atoms with Crippen molar-refractivity contribution in [3.05, 3.63) is 59.7 Å². The third-order valence-corrected chi connectivity index (χ3v) is 6.63. The molecule has 1 aromatic heterocycles. The van der Waals surface area contributed by atoms with Gasteiger partial charge in [0.25, 0.3) is 0 Å². The minimum absolute atomic E-state index is 0.0210. The van der Waals surface area contributed by atoms with Crippen LogP contribution in [0.5, 0.6) is 5.75 Å². The van der Waals surface area contributed by atoms with Gasteiger partial charge in [-0.1, -0.05) is 48.2 Å². The fourth-order valence-corrected chi connectivity index (χ4v) is 4.66. The molecule has 7 heteroatoms. The fraction of sp³-hybridized carbons (Fsp3) is 0.348. The minimum atomic E-state index is -0.278. The summed E-state index contributed by atoms with van der Waals surface area (Å²) in [6.45, 7) is 1.91. The highest BCUT2D eigenvalue weighted by Crippen LogP contribution is 2.31. The number of nitrogens with one attached hydrogen (secondary N) is 1. The van der Waals surface area contributed by atoms with Gasteiger partial charge in [0.1, 0.15) is 5.75 Å². The van der Waals surface area contributed by atoms with E-state index < -0.39 is 0 Å². The van der Waals surface area contributed by atoms with Gasteiger partial charge in [-0.05, 0) is 49.4 Å². The molecule has 0 spiro atoms. The van der Waals surface area contributed by atoms with Crippen molar-refractivity contribution >= 4 is 17.7 Å². The molecule has 0 aliphatic heterocycles. The average molecular weight is 423 g/mol. The second-order valence-electron chi connectivity index (χ2n) is 7.51. The molecule has 0 radical (unpaired) electrons. The SMILES string of the molecule is COc1cccc(-c2nnc(SC(C)C(=O)NC3CCCc4ccccc43)n2C)c1. The van der Waals surface area contributed by atoms with Crippen LogP contribution in [0.25, 0.3) is 11.4 Å². The molecule has 3 aromatic rings. The lowest BCUT2D eigenvalue weighted by atomic mass is 9.88. The molecular formula is C23H26N4O2S. The maximum absolute atomic E-state index is 12.9. The number of aromatic nitrogens is 3. The summed E-state index contributed by atoms with van der Waals surface area (Å²) < 4.78 is 7.22. The molecule has 30 heavy (non-hydrogen) atoms. The van der Waals surface area contributed by atoms with Crippen LogP contribution in [-0.2, 0) is 18.3 Å². The third kappa shape index (κ3) is 4.21. The normalized spacial score (nSPS) is 16.6. The first-order valence-corrected chi connectivity index (χ1v) is 11.0. The van der Waals surface area contributed by atoms with Crippen LogP contribution in [0.15, 0.2) is 53.7 Å². The first-order chi connectivity index (χ1) is 14.6. The van der Waals surface area contributed by atoms with Crippen molar-refractivity contribution in [2.24, 2.45) is 7.05 Å². The van der Waals surface area contributed by atoms with Crippen LogP contribution in [-0.4, -0.2) is 33.0 Å². The largest absolute Gasteiger partial charge is 0.497 e. The smallest absolute Gasteiger partial charge is 0.233 e. The number of ether oxygens (including phenoxy) is 1. The number of aryl methyl sites for hydroxylation is 1. The van der Waals surface area contributed by atoms with E-state index in [1.54, 1.807) is 7.11 Å². The van der Waals surface area contributed by atoms with E-state index in [1.807, 2.05) is 48.9 Å². The number of fused-ring (bicyclic) bond motifs is 1. The first kappa shape index (κ1) is 20.5. The van der Waals surface area contributed by atoms with Gasteiger partial charge in [-0.25, -0.2) is 0 Å². The number of carbonyl (C=O) groups is 1. The Morgan fingerprint density at radius 2 is 2.07 bits per heavy atom. The van der Waals surface area contributed by atoms with E-state index >= 15 is 0 Å². The quantitative estimate of drug-likeness (QED) is 0.604. The molecular weight excluding hydrogens is 396 g/mol. The van der Waals surface area contributed by atoms with Gasteiger partial charge in [0.2, 0.25) is 5.91 Å². The Morgan fingerprint density at radius 1 is 1.23 bits per heavy atom. The molecule has 1 aliphatic carbocycles. The van der Waals surface area contributed by atoms with Crippen molar-refractivity contribution in [2.75, 3.05) is 7.11 Å². The molecule has 2 atom stereocenters. The van der Waals surface area contributed by atoms with Crippen LogP contribution in [0.4, 0.5) is 0 Å². The summed E-state index contributed by atoms with van der Waals surface area (Å²) in [4.78, 5) is 12.9. The summed E-state index contributed by atoms with van der Waals surface area (Å²) in [7, 11) is 3.56. The number of benzene rings is 2. The highest BCUT2D eigenvalue weighted by atomic mass is 32.2. The highest BCUT2D eigenvalue weighted by Gasteiger charge is 2.25. The summed E-state index contributed by atoms with van der Waals surface area (Å²) in [6, 6.07) is 16.2. The van der Waals surface area contributed by atoms with Crippen LogP contribution in [0.3, 0.4) is 0 Å². The summed E-state index contributed by atoms with van der Waals surface area (Å²) in [5, 5.41) is 12.3. The van der Waals surface area contributed by atoms with Gasteiger partial charge in [0.15, 0.2) is 11.0 Å². The Labute approximate surface area is 181 Å². The van der Waals surface area contributed by atoms with Gasteiger partial charge in [0, 0.05) is 12.6 Å². The van der Waals surface area contributed by atoms with E-state index in [0.29, 0.717) is 5.16 Å². The van der Waals surface area contributed by atoms with Crippen molar-refractivity contribution < 1.29 is 9.53 Å². The lowest BCUT2D eigenvalue weighted by Gasteiger charge is -2.27. The van der Waals surface area contributed by atoms with E-state index in [0.717, 1.165) is 36.4 Å². The molecule has 0 fully saturated rings. The standard InChI is InChI=1S/C23H26N4O2S/c1-15(22(28)24-20-13-7-9-16-8-4-5-12-19(16)20)30-23-26-25-21(27(23)2)17-10-6-11-18(14-17)29-3/h4-6,8,10-12,14-15,20H,7,9,13H2,1-3H3,(H,24,28). The highest BCUT2D eigenvalue weighted by molar-refractivity contribution is 8.00. The topological polar surface area (TPSA) is 69.0 Å². The van der Waals surface area contributed by atoms with Crippen molar-refractivity contribution in [3.8, 4) is 17.1 Å². The van der Waals surface area contributed by atoms with Gasteiger partial charge in [0.05, 0.1) is 18.4 Å². The van der Waals surface area contributed by atoms with E-state index in [2.05, 4.69) is 33.7 Å². The molecule has 2 aromatic carbocycles. The number of thioether (sulfide) groups is 1. The third-order valence-electron chi connectivity index (χ3n) is 5.50. The zero-order valence-corrected chi connectivity index (χ0v) is 18.3. The van der Waals surface area contributed by atoms with Crippen LogP contribution < -0.4 is 10.1 Å². The van der Waals surface area contributed by atoms with Crippen molar-refractivity contribution in [2.45, 2.75) is 42.6 Å². The molecule has 6 nitrogen and oxygen atoms in total. The summed E-state index contributed by atoms with van der Waals surface area (Å²) in [5.74, 6) is 1.53. The fourth-order valence-electron chi connectivity index (χ4n) is 3.84. The molecule has 0 saturated carbocycles. The zero-order chi connectivity index (χ0) is 21.1. The van der Waals surface area contributed by atoms with Crippen LogP contribution in [0.1, 0.15) is 36.9 Å². The van der Waals surface area contributed by atoms with Gasteiger partial charge in [-0.2, -0.15) is 0 Å². The van der Waals surface area contributed by atoms with Gasteiger partial charge in [-0.15, -0.1) is 10.2 Å². The molecule has 0 bridgehead atoms. The summed E-state index contributed by atoms with van der Waals surface area (Å²) in [5.41, 5.74) is 3.51. The predicted molar refractivity (Wildman–Crippen MR) is 119 cm³/mol. The Bertz CT molecular complexity index is 1050. The second kappa shape index (κ2) is 8.92. The molecule has 1 aliphatic rings. The van der Waals surface area contributed by atoms with Crippen LogP contribution in [0, 0.1) is 0 Å². The lowest BCUT2D eigenvalue weighted by Crippen LogP contribution is -2.36. The first-order valence-electron chi connectivity index (χ1n) is 10.2. The number of rotatable bonds is 6. The van der Waals surface area contributed by atoms with Gasteiger partial charge >= 0.3 is 0 Å². The molecule has 0 saturated heterocycles.